The van der Waals surface area contributed by atoms with Crippen LogP contribution in [0.15, 0.2) is 29.6 Å². The average Bonchev–Trinajstić information content (AvgIpc) is 3.25. The van der Waals surface area contributed by atoms with Gasteiger partial charge in [-0.15, -0.1) is 11.3 Å². The number of nitrogens with zero attached hydrogens (tertiary/aromatic N) is 2. The molecule has 0 saturated carbocycles. The number of carbonyl (C=O) groups excluding carboxylic acids is 2. The molecule has 132 valence electrons. The van der Waals surface area contributed by atoms with Crippen LogP contribution in [0.3, 0.4) is 0 Å². The molecule has 0 fully saturated rings. The zero-order chi connectivity index (χ0) is 17.6. The molecule has 2 heterocycles. The van der Waals surface area contributed by atoms with Gasteiger partial charge >= 0.3 is 0 Å². The number of hydrogen-bond donors (Lipinski definition) is 2. The first-order chi connectivity index (χ1) is 12.2. The second kappa shape index (κ2) is 8.22. The maximum Gasteiger partial charge on any atom is 0.270 e. The maximum atomic E-state index is 12.3. The Hall–Kier alpha value is -2.25. The molecule has 3 N–H and O–H groups in total. The molecule has 0 bridgehead atoms. The third-order valence-electron chi connectivity index (χ3n) is 4.19. The van der Waals surface area contributed by atoms with Crippen molar-refractivity contribution in [3.05, 3.63) is 51.5 Å². The summed E-state index contributed by atoms with van der Waals surface area (Å²) in [5, 5.41) is 5.44. The number of fused-ring (bicyclic) bond motifs is 1. The van der Waals surface area contributed by atoms with Gasteiger partial charge in [0.2, 0.25) is 5.91 Å². The molecule has 2 aromatic rings. The Morgan fingerprint density at radius 1 is 1.24 bits per heavy atom. The van der Waals surface area contributed by atoms with Crippen LogP contribution in [-0.2, 0) is 24.3 Å². The fourth-order valence-corrected chi connectivity index (χ4v) is 3.65. The summed E-state index contributed by atoms with van der Waals surface area (Å²) in [6, 6.07) is 8.13. The van der Waals surface area contributed by atoms with E-state index in [1.165, 1.54) is 22.5 Å². The van der Waals surface area contributed by atoms with E-state index in [0.717, 1.165) is 5.01 Å². The first-order valence-corrected chi connectivity index (χ1v) is 9.32. The standard InChI is InChI=1S/C18H22N4O2S/c19-8-7-16-21-15(12-25-16)18(24)20-9-3-6-17(23)22-10-13-4-1-2-5-14(13)11-22/h1-2,4-5,12H,3,6-11,19H2,(H,20,24). The number of nitrogens with two attached hydrogens (primary N) is 1. The van der Waals surface area contributed by atoms with Gasteiger partial charge in [-0.2, -0.15) is 0 Å². The highest BCUT2D eigenvalue weighted by Gasteiger charge is 2.22. The summed E-state index contributed by atoms with van der Waals surface area (Å²) in [4.78, 5) is 30.4. The van der Waals surface area contributed by atoms with Crippen molar-refractivity contribution in [1.82, 2.24) is 15.2 Å². The van der Waals surface area contributed by atoms with Crippen LogP contribution < -0.4 is 11.1 Å². The number of hydrogen-bond acceptors (Lipinski definition) is 5. The Morgan fingerprint density at radius 3 is 2.64 bits per heavy atom. The van der Waals surface area contributed by atoms with Crippen LogP contribution in [0.25, 0.3) is 0 Å². The summed E-state index contributed by atoms with van der Waals surface area (Å²) in [5.74, 6) is -0.0649. The molecule has 7 heteroatoms. The van der Waals surface area contributed by atoms with E-state index in [2.05, 4.69) is 22.4 Å². The van der Waals surface area contributed by atoms with Crippen LogP contribution in [0, 0.1) is 0 Å². The monoisotopic (exact) mass is 358 g/mol. The number of carbonyl (C=O) groups is 2. The van der Waals surface area contributed by atoms with E-state index in [1.54, 1.807) is 5.38 Å². The molecule has 25 heavy (non-hydrogen) atoms. The van der Waals surface area contributed by atoms with E-state index >= 15 is 0 Å². The van der Waals surface area contributed by atoms with Gasteiger partial charge in [-0.05, 0) is 24.1 Å². The van der Waals surface area contributed by atoms with Gasteiger partial charge in [-0.1, -0.05) is 24.3 Å². The lowest BCUT2D eigenvalue weighted by atomic mass is 10.1. The average molecular weight is 358 g/mol. The van der Waals surface area contributed by atoms with Crippen molar-refractivity contribution in [1.29, 1.82) is 0 Å². The van der Waals surface area contributed by atoms with E-state index in [1.807, 2.05) is 17.0 Å². The van der Waals surface area contributed by atoms with E-state index < -0.39 is 0 Å². The van der Waals surface area contributed by atoms with Crippen molar-refractivity contribution < 1.29 is 9.59 Å². The predicted octanol–water partition coefficient (Wildman–Crippen LogP) is 1.70. The Labute approximate surface area is 151 Å². The smallest absolute Gasteiger partial charge is 0.270 e. The lowest BCUT2D eigenvalue weighted by molar-refractivity contribution is -0.131. The fraction of sp³-hybridized carbons (Fsp3) is 0.389. The van der Waals surface area contributed by atoms with E-state index in [0.29, 0.717) is 51.1 Å². The van der Waals surface area contributed by atoms with Crippen LogP contribution in [0.1, 0.15) is 39.5 Å². The minimum Gasteiger partial charge on any atom is -0.351 e. The summed E-state index contributed by atoms with van der Waals surface area (Å²) < 4.78 is 0. The summed E-state index contributed by atoms with van der Waals surface area (Å²) in [6.45, 7) is 2.36. The van der Waals surface area contributed by atoms with Gasteiger partial charge in [0.05, 0.1) is 5.01 Å². The summed E-state index contributed by atoms with van der Waals surface area (Å²) in [6.07, 6.45) is 1.74. The van der Waals surface area contributed by atoms with Gasteiger partial charge < -0.3 is 16.0 Å². The van der Waals surface area contributed by atoms with Crippen LogP contribution in [0.2, 0.25) is 0 Å². The predicted molar refractivity (Wildman–Crippen MR) is 97.1 cm³/mol. The molecule has 2 amide bonds. The SMILES string of the molecule is NCCc1nc(C(=O)NCCCC(=O)N2Cc3ccccc3C2)cs1. The first-order valence-electron chi connectivity index (χ1n) is 8.44. The maximum absolute atomic E-state index is 12.3. The summed E-state index contributed by atoms with van der Waals surface area (Å²) in [7, 11) is 0. The van der Waals surface area contributed by atoms with Gasteiger partial charge in [0.15, 0.2) is 0 Å². The third kappa shape index (κ3) is 4.43. The van der Waals surface area contributed by atoms with Gasteiger partial charge in [-0.3, -0.25) is 9.59 Å². The first kappa shape index (κ1) is 17.6. The second-order valence-corrected chi connectivity index (χ2v) is 6.99. The van der Waals surface area contributed by atoms with Gasteiger partial charge in [0.1, 0.15) is 5.69 Å². The Morgan fingerprint density at radius 2 is 1.96 bits per heavy atom. The molecule has 1 aliphatic heterocycles. The van der Waals surface area contributed by atoms with Crippen molar-refractivity contribution in [3.63, 3.8) is 0 Å². The number of thiazole rings is 1. The van der Waals surface area contributed by atoms with Crippen molar-refractivity contribution in [2.24, 2.45) is 5.73 Å². The van der Waals surface area contributed by atoms with Crippen LogP contribution in [0.5, 0.6) is 0 Å². The molecule has 0 saturated heterocycles. The molecule has 0 atom stereocenters. The highest BCUT2D eigenvalue weighted by atomic mass is 32.1. The minimum absolute atomic E-state index is 0.129. The minimum atomic E-state index is -0.194. The van der Waals surface area contributed by atoms with E-state index in [9.17, 15) is 9.59 Å². The van der Waals surface area contributed by atoms with Crippen LogP contribution >= 0.6 is 11.3 Å². The number of benzene rings is 1. The molecular formula is C18H22N4O2S. The topological polar surface area (TPSA) is 88.3 Å². The van der Waals surface area contributed by atoms with Crippen molar-refractivity contribution in [2.75, 3.05) is 13.1 Å². The Kier molecular flexibility index (Phi) is 5.78. The quantitative estimate of drug-likeness (QED) is 0.737. The zero-order valence-corrected chi connectivity index (χ0v) is 14.8. The van der Waals surface area contributed by atoms with Crippen molar-refractivity contribution in [3.8, 4) is 0 Å². The highest BCUT2D eigenvalue weighted by molar-refractivity contribution is 7.09. The molecule has 1 aromatic carbocycles. The number of nitrogens with one attached hydrogen (secondary N) is 1. The number of aromatic nitrogens is 1. The second-order valence-electron chi connectivity index (χ2n) is 6.04. The lowest BCUT2D eigenvalue weighted by Gasteiger charge is -2.15. The molecule has 0 spiro atoms. The molecule has 1 aromatic heterocycles. The Bertz CT molecular complexity index is 734. The normalized spacial score (nSPS) is 12.9. The molecule has 0 aliphatic carbocycles. The largest absolute Gasteiger partial charge is 0.351 e. The van der Waals surface area contributed by atoms with Gasteiger partial charge in [0, 0.05) is 37.9 Å². The van der Waals surface area contributed by atoms with Crippen molar-refractivity contribution >= 4 is 23.2 Å². The van der Waals surface area contributed by atoms with Gasteiger partial charge in [-0.25, -0.2) is 4.98 Å². The fourth-order valence-electron chi connectivity index (χ4n) is 2.85. The molecule has 3 rings (SSSR count). The molecule has 0 radical (unpaired) electrons. The van der Waals surface area contributed by atoms with Crippen LogP contribution in [-0.4, -0.2) is 34.8 Å². The molecule has 6 nitrogen and oxygen atoms in total. The zero-order valence-electron chi connectivity index (χ0n) is 14.0. The van der Waals surface area contributed by atoms with Crippen molar-refractivity contribution in [2.45, 2.75) is 32.4 Å². The lowest BCUT2D eigenvalue weighted by Crippen LogP contribution is -2.28. The molecule has 1 aliphatic rings. The van der Waals surface area contributed by atoms with E-state index in [4.69, 9.17) is 5.73 Å². The Balaban J connectivity index is 1.38. The number of amides is 2. The van der Waals surface area contributed by atoms with Gasteiger partial charge in [0.25, 0.3) is 5.91 Å². The third-order valence-corrected chi connectivity index (χ3v) is 5.10. The number of rotatable bonds is 7. The van der Waals surface area contributed by atoms with Crippen LogP contribution in [0.4, 0.5) is 0 Å². The summed E-state index contributed by atoms with van der Waals surface area (Å²) >= 11 is 1.44. The summed E-state index contributed by atoms with van der Waals surface area (Å²) in [5.41, 5.74) is 8.35. The van der Waals surface area contributed by atoms with E-state index in [-0.39, 0.29) is 11.8 Å². The molecule has 0 unspecified atom stereocenters. The highest BCUT2D eigenvalue weighted by Crippen LogP contribution is 2.22. The molecular weight excluding hydrogens is 336 g/mol.